The summed E-state index contributed by atoms with van der Waals surface area (Å²) in [6, 6.07) is -1.36. The lowest BCUT2D eigenvalue weighted by Crippen LogP contribution is -2.50. The third kappa shape index (κ3) is 12.2. The Kier molecular flexibility index (Phi) is 15.6. The molecule has 0 bridgehead atoms. The lowest BCUT2D eigenvalue weighted by Gasteiger charge is -2.25. The Bertz CT molecular complexity index is 844. The number of hydrogen-bond donors (Lipinski definition) is 7. The van der Waals surface area contributed by atoms with Crippen LogP contribution < -0.4 is 10.6 Å². The van der Waals surface area contributed by atoms with E-state index in [2.05, 4.69) is 10.6 Å². The molecular formula is C22H37N3O11S2. The smallest absolute Gasteiger partial charge is 0.355 e. The quantitative estimate of drug-likeness (QED) is 0.0622. The van der Waals surface area contributed by atoms with Crippen LogP contribution in [0.15, 0.2) is 0 Å². The molecule has 0 aromatic rings. The first kappa shape index (κ1) is 33.9. The monoisotopic (exact) mass is 583 g/mol. The van der Waals surface area contributed by atoms with Crippen molar-refractivity contribution in [2.24, 2.45) is 0 Å². The Morgan fingerprint density at radius 2 is 1.58 bits per heavy atom. The molecule has 1 rings (SSSR count). The molecule has 1 aliphatic heterocycles. The van der Waals surface area contributed by atoms with E-state index in [1.165, 1.54) is 0 Å². The van der Waals surface area contributed by atoms with Crippen molar-refractivity contribution in [2.75, 3.05) is 25.2 Å². The fraction of sp³-hybridized carbons (Fsp3) is 0.773. The summed E-state index contributed by atoms with van der Waals surface area (Å²) in [5, 5.41) is 52.6. The molecule has 0 radical (unpaired) electrons. The predicted molar refractivity (Wildman–Crippen MR) is 136 cm³/mol. The maximum atomic E-state index is 12.6. The summed E-state index contributed by atoms with van der Waals surface area (Å²) in [7, 11) is -0.113. The molecule has 16 heteroatoms. The van der Waals surface area contributed by atoms with Gasteiger partial charge in [-0.25, -0.2) is 4.79 Å². The molecule has 4 amide bonds. The maximum Gasteiger partial charge on any atom is 0.355 e. The number of rotatable bonds is 18. The van der Waals surface area contributed by atoms with Gasteiger partial charge in [0, 0.05) is 32.2 Å². The Labute approximate surface area is 227 Å². The van der Waals surface area contributed by atoms with Crippen molar-refractivity contribution < 1.29 is 54.3 Å². The zero-order valence-electron chi connectivity index (χ0n) is 21.1. The molecule has 0 aromatic carbocycles. The number of aliphatic hydroxyl groups excluding tert-OH is 5. The topological polar surface area (TPSA) is 223 Å². The van der Waals surface area contributed by atoms with Crippen LogP contribution in [0, 0.1) is 0 Å². The number of nitrogens with one attached hydrogen (secondary N) is 2. The molecule has 1 fully saturated rings. The molecule has 1 aliphatic rings. The molecule has 0 aromatic heterocycles. The highest BCUT2D eigenvalue weighted by Crippen LogP contribution is 2.14. The number of aliphatic hydroxyl groups is 5. The van der Waals surface area contributed by atoms with E-state index in [0.717, 1.165) is 18.6 Å². The van der Waals surface area contributed by atoms with Gasteiger partial charge in [-0.1, -0.05) is 17.6 Å². The number of carbonyl (C=O) groups is 5. The summed E-state index contributed by atoms with van der Waals surface area (Å²) in [4.78, 5) is 65.7. The van der Waals surface area contributed by atoms with Gasteiger partial charge in [-0.2, -0.15) is 0 Å². The fourth-order valence-electron chi connectivity index (χ4n) is 3.36. The number of amides is 4. The summed E-state index contributed by atoms with van der Waals surface area (Å²) in [6.45, 7) is -1.39. The SMILES string of the molecule is CS(=S)CCCCCC(=O)N[C@@H](CCC(=O)NC[C@H](O)[C@@H](O)[C@H](O)[C@H](O)CO)C(=O)ON1C(=O)CCC1=O. The minimum absolute atomic E-state index is 0.0958. The molecule has 0 spiro atoms. The van der Waals surface area contributed by atoms with Gasteiger partial charge in [0.25, 0.3) is 11.8 Å². The molecule has 7 N–H and O–H groups in total. The summed E-state index contributed by atoms with van der Waals surface area (Å²) in [6.07, 6.45) is -3.79. The molecule has 0 aliphatic carbocycles. The number of hydrogen-bond acceptors (Lipinski definition) is 12. The molecule has 14 nitrogen and oxygen atoms in total. The molecule has 1 unspecified atom stereocenters. The Hall–Kier alpha value is -2.08. The van der Waals surface area contributed by atoms with Gasteiger partial charge < -0.3 is 41.0 Å². The first-order valence-corrected chi connectivity index (χ1v) is 14.9. The molecule has 0 saturated carbocycles. The third-order valence-corrected chi connectivity index (χ3v) is 7.00. The van der Waals surface area contributed by atoms with Gasteiger partial charge in [-0.3, -0.25) is 19.2 Å². The van der Waals surface area contributed by atoms with Crippen molar-refractivity contribution in [2.45, 2.75) is 81.8 Å². The van der Waals surface area contributed by atoms with Crippen molar-refractivity contribution in [3.8, 4) is 0 Å². The van der Waals surface area contributed by atoms with E-state index in [9.17, 15) is 44.4 Å². The van der Waals surface area contributed by atoms with E-state index < -0.39 is 73.2 Å². The van der Waals surface area contributed by atoms with E-state index in [-0.39, 0.29) is 41.6 Å². The van der Waals surface area contributed by atoms with E-state index >= 15 is 0 Å². The van der Waals surface area contributed by atoms with Crippen molar-refractivity contribution in [3.63, 3.8) is 0 Å². The molecule has 6 atom stereocenters. The van der Waals surface area contributed by atoms with Gasteiger partial charge in [0.1, 0.15) is 24.4 Å². The van der Waals surface area contributed by atoms with Crippen LogP contribution in [-0.4, -0.2) is 116 Å². The molecule has 1 saturated heterocycles. The zero-order chi connectivity index (χ0) is 28.8. The van der Waals surface area contributed by atoms with Crippen LogP contribution in [0.3, 0.4) is 0 Å². The average molecular weight is 584 g/mol. The van der Waals surface area contributed by atoms with Crippen molar-refractivity contribution in [1.82, 2.24) is 15.7 Å². The second-order valence-electron chi connectivity index (χ2n) is 8.84. The lowest BCUT2D eigenvalue weighted by molar-refractivity contribution is -0.199. The fourth-order valence-corrected chi connectivity index (χ4v) is 4.32. The number of nitrogens with zero attached hydrogens (tertiary/aromatic N) is 1. The van der Waals surface area contributed by atoms with Crippen LogP contribution in [0.5, 0.6) is 0 Å². The van der Waals surface area contributed by atoms with Crippen molar-refractivity contribution in [1.29, 1.82) is 0 Å². The highest BCUT2D eigenvalue weighted by molar-refractivity contribution is 8.28. The molecule has 218 valence electrons. The predicted octanol–water partition coefficient (Wildman–Crippen LogP) is -3.32. The van der Waals surface area contributed by atoms with E-state index in [0.29, 0.717) is 11.5 Å². The van der Waals surface area contributed by atoms with Crippen LogP contribution in [0.4, 0.5) is 0 Å². The molecule has 1 heterocycles. The normalized spacial score (nSPS) is 18.3. The van der Waals surface area contributed by atoms with Crippen LogP contribution >= 0.6 is 0 Å². The third-order valence-electron chi connectivity index (χ3n) is 5.64. The summed E-state index contributed by atoms with van der Waals surface area (Å²) in [5.41, 5.74) is 0. The second-order valence-corrected chi connectivity index (χ2v) is 12.1. The van der Waals surface area contributed by atoms with Crippen LogP contribution in [-0.2, 0) is 49.5 Å². The van der Waals surface area contributed by atoms with Gasteiger partial charge in [-0.15, -0.1) is 14.5 Å². The lowest BCUT2D eigenvalue weighted by atomic mass is 10.0. The maximum absolute atomic E-state index is 12.6. The van der Waals surface area contributed by atoms with Gasteiger partial charge >= 0.3 is 5.97 Å². The van der Waals surface area contributed by atoms with Gasteiger partial charge in [-0.05, 0) is 31.3 Å². The van der Waals surface area contributed by atoms with Crippen molar-refractivity contribution >= 4 is 50.2 Å². The van der Waals surface area contributed by atoms with Crippen LogP contribution in [0.1, 0.15) is 51.4 Å². The molecule has 38 heavy (non-hydrogen) atoms. The van der Waals surface area contributed by atoms with Gasteiger partial charge in [0.15, 0.2) is 0 Å². The number of hydroxylamine groups is 2. The Balaban J connectivity index is 2.66. The Morgan fingerprint density at radius 1 is 0.974 bits per heavy atom. The summed E-state index contributed by atoms with van der Waals surface area (Å²) < 4.78 is 0. The van der Waals surface area contributed by atoms with Crippen molar-refractivity contribution in [3.05, 3.63) is 0 Å². The highest BCUT2D eigenvalue weighted by atomic mass is 32.8. The largest absolute Gasteiger partial charge is 0.394 e. The standard InChI is InChI=1S/C22H37N3O11S2/c1-38(37)10-4-2-3-5-17(30)24-13(22(35)36-25-18(31)8-9-19(25)32)6-7-16(29)23-11-14(27)20(33)21(34)15(28)12-26/h13-15,20-21,26-28,33-34H,2-12H2,1H3,(H,23,29)(H,24,30)/t13-,14-,15+,20+,21+,38?/m0/s1. The first-order chi connectivity index (χ1) is 17.9. The van der Waals surface area contributed by atoms with Gasteiger partial charge in [0.2, 0.25) is 11.8 Å². The van der Waals surface area contributed by atoms with Crippen LogP contribution in [0.2, 0.25) is 0 Å². The van der Waals surface area contributed by atoms with E-state index in [1.807, 2.05) is 6.26 Å². The molecular weight excluding hydrogens is 546 g/mol. The van der Waals surface area contributed by atoms with E-state index in [1.54, 1.807) is 0 Å². The average Bonchev–Trinajstić information content (AvgIpc) is 3.19. The first-order valence-electron chi connectivity index (χ1n) is 12.1. The Morgan fingerprint density at radius 3 is 2.16 bits per heavy atom. The minimum atomic E-state index is -1.87. The zero-order valence-corrected chi connectivity index (χ0v) is 22.7. The number of imide groups is 1. The highest BCUT2D eigenvalue weighted by Gasteiger charge is 2.35. The summed E-state index contributed by atoms with van der Waals surface area (Å²) in [5.74, 6) is -2.84. The summed E-state index contributed by atoms with van der Waals surface area (Å²) >= 11 is 5.12. The van der Waals surface area contributed by atoms with Crippen LogP contribution in [0.25, 0.3) is 0 Å². The van der Waals surface area contributed by atoms with E-state index in [4.69, 9.17) is 21.1 Å². The van der Waals surface area contributed by atoms with Gasteiger partial charge in [0.05, 0.1) is 12.7 Å². The minimum Gasteiger partial charge on any atom is -0.394 e. The number of unbranched alkanes of at least 4 members (excludes halogenated alkanes) is 2. The second kappa shape index (κ2) is 17.5. The number of carbonyl (C=O) groups excluding carboxylic acids is 5.